The first-order valence-corrected chi connectivity index (χ1v) is 5.94. The van der Waals surface area contributed by atoms with Gasteiger partial charge in [0.15, 0.2) is 0 Å². The van der Waals surface area contributed by atoms with Crippen LogP contribution in [0.1, 0.15) is 11.1 Å². The number of rotatable bonds is 3. The molecule has 3 rings (SSSR count). The Morgan fingerprint density at radius 1 is 1.11 bits per heavy atom. The summed E-state index contributed by atoms with van der Waals surface area (Å²) in [5.74, 6) is 0. The maximum atomic E-state index is 9.04. The SMILES string of the molecule is OCc1ccn(Cc2ccc3ncccc3c2)c1. The van der Waals surface area contributed by atoms with Gasteiger partial charge >= 0.3 is 0 Å². The molecule has 0 aliphatic carbocycles. The maximum Gasteiger partial charge on any atom is 0.0702 e. The number of hydrogen-bond acceptors (Lipinski definition) is 2. The predicted molar refractivity (Wildman–Crippen MR) is 71.2 cm³/mol. The molecule has 0 radical (unpaired) electrons. The van der Waals surface area contributed by atoms with Crippen molar-refractivity contribution in [2.24, 2.45) is 0 Å². The minimum atomic E-state index is 0.0919. The van der Waals surface area contributed by atoms with Crippen molar-refractivity contribution >= 4 is 10.9 Å². The Balaban J connectivity index is 1.90. The quantitative estimate of drug-likeness (QED) is 0.761. The Morgan fingerprint density at radius 2 is 2.06 bits per heavy atom. The van der Waals surface area contributed by atoms with Crippen LogP contribution in [0.25, 0.3) is 10.9 Å². The van der Waals surface area contributed by atoms with Gasteiger partial charge in [0.2, 0.25) is 0 Å². The topological polar surface area (TPSA) is 38.0 Å². The number of pyridine rings is 1. The second kappa shape index (κ2) is 4.63. The van der Waals surface area contributed by atoms with Crippen molar-refractivity contribution in [2.45, 2.75) is 13.2 Å². The van der Waals surface area contributed by atoms with Crippen LogP contribution >= 0.6 is 0 Å². The normalized spacial score (nSPS) is 10.9. The summed E-state index contributed by atoms with van der Waals surface area (Å²) >= 11 is 0. The van der Waals surface area contributed by atoms with E-state index in [0.717, 1.165) is 23.0 Å². The molecule has 3 aromatic rings. The van der Waals surface area contributed by atoms with E-state index < -0.39 is 0 Å². The van der Waals surface area contributed by atoms with Crippen molar-refractivity contribution in [3.8, 4) is 0 Å². The first-order valence-electron chi connectivity index (χ1n) is 5.94. The van der Waals surface area contributed by atoms with Crippen LogP contribution in [-0.2, 0) is 13.2 Å². The van der Waals surface area contributed by atoms with E-state index in [1.807, 2.05) is 36.8 Å². The Hall–Kier alpha value is -2.13. The van der Waals surface area contributed by atoms with Crippen LogP contribution in [0.4, 0.5) is 0 Å². The highest BCUT2D eigenvalue weighted by Crippen LogP contribution is 2.14. The van der Waals surface area contributed by atoms with E-state index in [0.29, 0.717) is 0 Å². The van der Waals surface area contributed by atoms with Gasteiger partial charge in [-0.1, -0.05) is 12.1 Å². The molecule has 3 nitrogen and oxygen atoms in total. The first kappa shape index (κ1) is 11.0. The highest BCUT2D eigenvalue weighted by molar-refractivity contribution is 5.78. The highest BCUT2D eigenvalue weighted by atomic mass is 16.3. The molecule has 0 aliphatic heterocycles. The Bertz CT molecular complexity index is 673. The van der Waals surface area contributed by atoms with Crippen molar-refractivity contribution < 1.29 is 5.11 Å². The summed E-state index contributed by atoms with van der Waals surface area (Å²) in [6, 6.07) is 12.2. The molecule has 0 amide bonds. The van der Waals surface area contributed by atoms with Gasteiger partial charge < -0.3 is 9.67 Å². The van der Waals surface area contributed by atoms with Crippen molar-refractivity contribution in [3.05, 3.63) is 66.1 Å². The second-order valence-corrected chi connectivity index (χ2v) is 4.38. The molecule has 0 fully saturated rings. The third-order valence-corrected chi connectivity index (χ3v) is 3.03. The molecule has 0 bridgehead atoms. The zero-order valence-electron chi connectivity index (χ0n) is 9.95. The molecule has 90 valence electrons. The van der Waals surface area contributed by atoms with Crippen LogP contribution in [0.2, 0.25) is 0 Å². The number of aliphatic hydroxyl groups is 1. The third kappa shape index (κ3) is 2.13. The summed E-state index contributed by atoms with van der Waals surface area (Å²) in [6.07, 6.45) is 5.76. The standard InChI is InChI=1S/C15H14N2O/c18-11-13-5-7-17(10-13)9-12-3-4-15-14(8-12)2-1-6-16-15/h1-8,10,18H,9,11H2. The maximum absolute atomic E-state index is 9.04. The van der Waals surface area contributed by atoms with Crippen molar-refractivity contribution in [3.63, 3.8) is 0 Å². The van der Waals surface area contributed by atoms with Crippen LogP contribution in [-0.4, -0.2) is 14.7 Å². The van der Waals surface area contributed by atoms with Crippen LogP contribution in [0.5, 0.6) is 0 Å². The van der Waals surface area contributed by atoms with E-state index >= 15 is 0 Å². The molecule has 3 heteroatoms. The molecule has 0 spiro atoms. The lowest BCUT2D eigenvalue weighted by Crippen LogP contribution is -1.96. The van der Waals surface area contributed by atoms with Gasteiger partial charge in [0.1, 0.15) is 0 Å². The molecule has 0 aliphatic rings. The Morgan fingerprint density at radius 3 is 2.89 bits per heavy atom. The second-order valence-electron chi connectivity index (χ2n) is 4.38. The number of aliphatic hydroxyl groups excluding tert-OH is 1. The van der Waals surface area contributed by atoms with Crippen molar-refractivity contribution in [1.82, 2.24) is 9.55 Å². The smallest absolute Gasteiger partial charge is 0.0702 e. The summed E-state index contributed by atoms with van der Waals surface area (Å²) in [5, 5.41) is 10.2. The first-order chi connectivity index (χ1) is 8.85. The van der Waals surface area contributed by atoms with E-state index in [1.165, 1.54) is 5.56 Å². The van der Waals surface area contributed by atoms with Gasteiger partial charge in [-0.05, 0) is 35.4 Å². The average molecular weight is 238 g/mol. The fourth-order valence-electron chi connectivity index (χ4n) is 2.12. The summed E-state index contributed by atoms with van der Waals surface area (Å²) in [4.78, 5) is 4.31. The highest BCUT2D eigenvalue weighted by Gasteiger charge is 1.99. The van der Waals surface area contributed by atoms with Crippen molar-refractivity contribution in [2.75, 3.05) is 0 Å². The van der Waals surface area contributed by atoms with Gasteiger partial charge in [-0.3, -0.25) is 4.98 Å². The zero-order valence-corrected chi connectivity index (χ0v) is 9.95. The molecular weight excluding hydrogens is 224 g/mol. The lowest BCUT2D eigenvalue weighted by molar-refractivity contribution is 0.282. The molecule has 0 atom stereocenters. The molecule has 0 saturated heterocycles. The molecule has 18 heavy (non-hydrogen) atoms. The van der Waals surface area contributed by atoms with E-state index in [2.05, 4.69) is 27.8 Å². The summed E-state index contributed by atoms with van der Waals surface area (Å²) in [7, 11) is 0. The van der Waals surface area contributed by atoms with Crippen LogP contribution in [0, 0.1) is 0 Å². The summed E-state index contributed by atoms with van der Waals surface area (Å²) in [6.45, 7) is 0.902. The molecular formula is C15H14N2O. The van der Waals surface area contributed by atoms with Gasteiger partial charge in [-0.2, -0.15) is 0 Å². The lowest BCUT2D eigenvalue weighted by atomic mass is 10.1. The Labute approximate surface area is 105 Å². The molecule has 0 unspecified atom stereocenters. The third-order valence-electron chi connectivity index (χ3n) is 3.03. The van der Waals surface area contributed by atoms with Crippen LogP contribution < -0.4 is 0 Å². The van der Waals surface area contributed by atoms with Crippen LogP contribution in [0.3, 0.4) is 0 Å². The molecule has 2 aromatic heterocycles. The Kier molecular flexibility index (Phi) is 2.82. The van der Waals surface area contributed by atoms with E-state index in [-0.39, 0.29) is 6.61 Å². The van der Waals surface area contributed by atoms with Gasteiger partial charge in [-0.15, -0.1) is 0 Å². The molecule has 1 N–H and O–H groups in total. The zero-order chi connectivity index (χ0) is 12.4. The number of fused-ring (bicyclic) bond motifs is 1. The fourth-order valence-corrected chi connectivity index (χ4v) is 2.12. The van der Waals surface area contributed by atoms with Gasteiger partial charge in [0.25, 0.3) is 0 Å². The number of aromatic nitrogens is 2. The summed E-state index contributed by atoms with van der Waals surface area (Å²) < 4.78 is 2.07. The van der Waals surface area contributed by atoms with Gasteiger partial charge in [0.05, 0.1) is 12.1 Å². The monoisotopic (exact) mass is 238 g/mol. The van der Waals surface area contributed by atoms with Gasteiger partial charge in [0, 0.05) is 30.5 Å². The fraction of sp³-hybridized carbons (Fsp3) is 0.133. The van der Waals surface area contributed by atoms with E-state index in [1.54, 1.807) is 0 Å². The molecule has 0 saturated carbocycles. The van der Waals surface area contributed by atoms with Gasteiger partial charge in [-0.25, -0.2) is 0 Å². The average Bonchev–Trinajstić information content (AvgIpc) is 2.86. The van der Waals surface area contributed by atoms with Crippen LogP contribution in [0.15, 0.2) is 55.0 Å². The number of benzene rings is 1. The molecule has 2 heterocycles. The predicted octanol–water partition coefficient (Wildman–Crippen LogP) is 2.58. The lowest BCUT2D eigenvalue weighted by Gasteiger charge is -2.04. The van der Waals surface area contributed by atoms with Crippen molar-refractivity contribution in [1.29, 1.82) is 0 Å². The minimum absolute atomic E-state index is 0.0919. The van der Waals surface area contributed by atoms with E-state index in [9.17, 15) is 0 Å². The summed E-state index contributed by atoms with van der Waals surface area (Å²) in [5.41, 5.74) is 3.19. The largest absolute Gasteiger partial charge is 0.392 e. The molecule has 1 aromatic carbocycles. The van der Waals surface area contributed by atoms with E-state index in [4.69, 9.17) is 5.11 Å². The minimum Gasteiger partial charge on any atom is -0.392 e. The number of hydrogen-bond donors (Lipinski definition) is 1. The number of nitrogens with zero attached hydrogens (tertiary/aromatic N) is 2.